The van der Waals surface area contributed by atoms with Crippen molar-refractivity contribution in [3.8, 4) is 5.75 Å². The van der Waals surface area contributed by atoms with Crippen LogP contribution in [0.25, 0.3) is 0 Å². The van der Waals surface area contributed by atoms with Crippen LogP contribution in [0.5, 0.6) is 5.75 Å². The van der Waals surface area contributed by atoms with E-state index in [2.05, 4.69) is 5.32 Å². The van der Waals surface area contributed by atoms with E-state index in [0.717, 1.165) is 25.9 Å². The fraction of sp³-hybridized carbons (Fsp3) is 0.467. The first-order valence-corrected chi connectivity index (χ1v) is 6.88. The molecule has 0 aliphatic carbocycles. The lowest BCUT2D eigenvalue weighted by atomic mass is 9.77. The molecule has 5 nitrogen and oxygen atoms in total. The molecule has 114 valence electrons. The summed E-state index contributed by atoms with van der Waals surface area (Å²) in [5.41, 5.74) is 0.112. The monoisotopic (exact) mass is 310 g/mol. The van der Waals surface area contributed by atoms with Crippen LogP contribution < -0.4 is 15.0 Å². The van der Waals surface area contributed by atoms with Gasteiger partial charge in [-0.2, -0.15) is 0 Å². The number of carbonyl (C=O) groups excluding carboxylic acids is 2. The van der Waals surface area contributed by atoms with E-state index >= 15 is 0 Å². The molecule has 0 unspecified atom stereocenters. The first-order chi connectivity index (χ1) is 9.66. The molecule has 1 spiro atoms. The molecule has 0 bridgehead atoms. The molecule has 1 aromatic rings. The van der Waals surface area contributed by atoms with Gasteiger partial charge < -0.3 is 10.1 Å². The highest BCUT2D eigenvalue weighted by Crippen LogP contribution is 2.42. The standard InChI is InChI=1S/C15H18N2O3.ClH/c1-20-12-4-2-3-11(9-12)17-13(18)10-15(14(17)19)5-7-16-8-6-15;/h2-4,9,16H,5-8,10H2,1H3;1H. The van der Waals surface area contributed by atoms with E-state index < -0.39 is 5.41 Å². The molecule has 0 radical (unpaired) electrons. The largest absolute Gasteiger partial charge is 0.497 e. The van der Waals surface area contributed by atoms with Crippen LogP contribution >= 0.6 is 12.4 Å². The summed E-state index contributed by atoms with van der Waals surface area (Å²) in [7, 11) is 1.57. The molecule has 2 heterocycles. The van der Waals surface area contributed by atoms with Crippen LogP contribution in [0.2, 0.25) is 0 Å². The van der Waals surface area contributed by atoms with Crippen molar-refractivity contribution < 1.29 is 14.3 Å². The summed E-state index contributed by atoms with van der Waals surface area (Å²) in [5, 5.41) is 3.24. The molecule has 6 heteroatoms. The Labute approximate surface area is 130 Å². The number of halogens is 1. The molecule has 0 aromatic heterocycles. The summed E-state index contributed by atoms with van der Waals surface area (Å²) >= 11 is 0. The summed E-state index contributed by atoms with van der Waals surface area (Å²) in [5.74, 6) is 0.483. The Morgan fingerprint density at radius 3 is 2.62 bits per heavy atom. The number of hydrogen-bond donors (Lipinski definition) is 1. The molecular formula is C15H19ClN2O3. The Kier molecular flexibility index (Phi) is 4.54. The molecule has 2 saturated heterocycles. The first-order valence-electron chi connectivity index (χ1n) is 6.88. The van der Waals surface area contributed by atoms with E-state index in [9.17, 15) is 9.59 Å². The molecule has 2 aliphatic rings. The summed E-state index contributed by atoms with van der Waals surface area (Å²) in [6, 6.07) is 7.10. The number of benzene rings is 1. The minimum Gasteiger partial charge on any atom is -0.497 e. The second-order valence-corrected chi connectivity index (χ2v) is 5.44. The van der Waals surface area contributed by atoms with E-state index in [4.69, 9.17) is 4.74 Å². The van der Waals surface area contributed by atoms with Crippen molar-refractivity contribution >= 4 is 29.9 Å². The van der Waals surface area contributed by atoms with Gasteiger partial charge in [0.25, 0.3) is 0 Å². The molecule has 1 aromatic carbocycles. The van der Waals surface area contributed by atoms with Crippen LogP contribution in [-0.2, 0) is 9.59 Å². The Hall–Kier alpha value is -1.59. The summed E-state index contributed by atoms with van der Waals surface area (Å²) in [6.07, 6.45) is 1.79. The van der Waals surface area contributed by atoms with Crippen LogP contribution in [0.1, 0.15) is 19.3 Å². The van der Waals surface area contributed by atoms with Crippen molar-refractivity contribution in [3.05, 3.63) is 24.3 Å². The maximum atomic E-state index is 12.7. The number of nitrogens with zero attached hydrogens (tertiary/aromatic N) is 1. The maximum absolute atomic E-state index is 12.7. The highest BCUT2D eigenvalue weighted by atomic mass is 35.5. The number of piperidine rings is 1. The van der Waals surface area contributed by atoms with Gasteiger partial charge in [-0.1, -0.05) is 6.07 Å². The van der Waals surface area contributed by atoms with Crippen molar-refractivity contribution in [2.24, 2.45) is 5.41 Å². The van der Waals surface area contributed by atoms with Crippen molar-refractivity contribution in [2.45, 2.75) is 19.3 Å². The highest BCUT2D eigenvalue weighted by molar-refractivity contribution is 6.22. The Morgan fingerprint density at radius 1 is 1.24 bits per heavy atom. The summed E-state index contributed by atoms with van der Waals surface area (Å²) in [4.78, 5) is 26.4. The van der Waals surface area contributed by atoms with Crippen LogP contribution in [-0.4, -0.2) is 32.0 Å². The highest BCUT2D eigenvalue weighted by Gasteiger charge is 2.52. The van der Waals surface area contributed by atoms with Crippen molar-refractivity contribution in [3.63, 3.8) is 0 Å². The van der Waals surface area contributed by atoms with Gasteiger partial charge in [0.1, 0.15) is 5.75 Å². The predicted octanol–water partition coefficient (Wildman–Crippen LogP) is 1.75. The lowest BCUT2D eigenvalue weighted by molar-refractivity contribution is -0.126. The topological polar surface area (TPSA) is 58.6 Å². The summed E-state index contributed by atoms with van der Waals surface area (Å²) in [6.45, 7) is 1.59. The van der Waals surface area contributed by atoms with Gasteiger partial charge in [-0.05, 0) is 38.1 Å². The van der Waals surface area contributed by atoms with Gasteiger partial charge >= 0.3 is 0 Å². The Morgan fingerprint density at radius 2 is 1.95 bits per heavy atom. The molecule has 1 N–H and O–H groups in total. The van der Waals surface area contributed by atoms with Gasteiger partial charge in [0, 0.05) is 12.5 Å². The molecule has 2 aliphatic heterocycles. The van der Waals surface area contributed by atoms with Crippen LogP contribution in [0.4, 0.5) is 5.69 Å². The smallest absolute Gasteiger partial charge is 0.240 e. The van der Waals surface area contributed by atoms with E-state index in [1.54, 1.807) is 31.4 Å². The molecule has 0 saturated carbocycles. The van der Waals surface area contributed by atoms with Gasteiger partial charge in [0.15, 0.2) is 0 Å². The van der Waals surface area contributed by atoms with E-state index in [-0.39, 0.29) is 24.2 Å². The molecular weight excluding hydrogens is 292 g/mol. The van der Waals surface area contributed by atoms with Gasteiger partial charge in [-0.15, -0.1) is 12.4 Å². The van der Waals surface area contributed by atoms with Gasteiger partial charge in [0.2, 0.25) is 11.8 Å². The molecule has 2 amide bonds. The van der Waals surface area contributed by atoms with Crippen molar-refractivity contribution in [1.29, 1.82) is 0 Å². The zero-order valence-corrected chi connectivity index (χ0v) is 12.7. The first kappa shape index (κ1) is 15.8. The lowest BCUT2D eigenvalue weighted by Gasteiger charge is -2.31. The van der Waals surface area contributed by atoms with E-state index in [1.165, 1.54) is 4.90 Å². The van der Waals surface area contributed by atoms with E-state index in [0.29, 0.717) is 17.9 Å². The molecule has 0 atom stereocenters. The quantitative estimate of drug-likeness (QED) is 0.846. The number of ether oxygens (including phenoxy) is 1. The number of methoxy groups -OCH3 is 1. The van der Waals surface area contributed by atoms with Gasteiger partial charge in [-0.3, -0.25) is 9.59 Å². The van der Waals surface area contributed by atoms with Gasteiger partial charge in [0.05, 0.1) is 18.2 Å². The summed E-state index contributed by atoms with van der Waals surface area (Å²) < 4.78 is 5.16. The van der Waals surface area contributed by atoms with Crippen LogP contribution in [0.15, 0.2) is 24.3 Å². The number of rotatable bonds is 2. The minimum atomic E-state index is -0.495. The van der Waals surface area contributed by atoms with Crippen LogP contribution in [0, 0.1) is 5.41 Å². The third-order valence-electron chi connectivity index (χ3n) is 4.27. The second-order valence-electron chi connectivity index (χ2n) is 5.44. The SMILES string of the molecule is COc1cccc(N2C(=O)CC3(CCNCC3)C2=O)c1.Cl. The molecule has 2 fully saturated rings. The maximum Gasteiger partial charge on any atom is 0.240 e. The fourth-order valence-corrected chi connectivity index (χ4v) is 3.10. The normalized spacial score (nSPS) is 20.5. The van der Waals surface area contributed by atoms with Gasteiger partial charge in [-0.25, -0.2) is 4.90 Å². The number of imide groups is 1. The van der Waals surface area contributed by atoms with Crippen molar-refractivity contribution in [1.82, 2.24) is 5.32 Å². The second kappa shape index (κ2) is 6.03. The average molecular weight is 311 g/mol. The van der Waals surface area contributed by atoms with Crippen molar-refractivity contribution in [2.75, 3.05) is 25.1 Å². The molecule has 3 rings (SSSR count). The third kappa shape index (κ3) is 2.63. The predicted molar refractivity (Wildman–Crippen MR) is 81.9 cm³/mol. The number of anilines is 1. The fourth-order valence-electron chi connectivity index (χ4n) is 3.10. The minimum absolute atomic E-state index is 0. The zero-order valence-electron chi connectivity index (χ0n) is 11.9. The third-order valence-corrected chi connectivity index (χ3v) is 4.27. The number of hydrogen-bond acceptors (Lipinski definition) is 4. The van der Waals surface area contributed by atoms with Crippen LogP contribution in [0.3, 0.4) is 0 Å². The Balaban J connectivity index is 0.00000161. The average Bonchev–Trinajstić information content (AvgIpc) is 2.71. The number of nitrogens with one attached hydrogen (secondary N) is 1. The Bertz CT molecular complexity index is 556. The molecule has 21 heavy (non-hydrogen) atoms. The zero-order chi connectivity index (χ0) is 14.2. The van der Waals surface area contributed by atoms with E-state index in [1.807, 2.05) is 0 Å². The number of carbonyl (C=O) groups is 2. The number of amides is 2. The lowest BCUT2D eigenvalue weighted by Crippen LogP contribution is -2.42.